The number of aliphatic hydroxyl groups is 1. The minimum absolute atomic E-state index is 0.0686. The number of hydrogen-bond donors (Lipinski definition) is 2. The summed E-state index contributed by atoms with van der Waals surface area (Å²) in [6, 6.07) is 6.81. The van der Waals surface area contributed by atoms with Crippen LogP contribution in [0.1, 0.15) is 42.5 Å². The number of hydrogen-bond acceptors (Lipinski definition) is 5. The summed E-state index contributed by atoms with van der Waals surface area (Å²) >= 11 is 0. The van der Waals surface area contributed by atoms with E-state index < -0.39 is 6.10 Å². The van der Waals surface area contributed by atoms with Gasteiger partial charge in [-0.05, 0) is 45.4 Å². The lowest BCUT2D eigenvalue weighted by molar-refractivity contribution is -0.127. The second kappa shape index (κ2) is 7.28. The van der Waals surface area contributed by atoms with Gasteiger partial charge in [0.25, 0.3) is 5.91 Å². The second-order valence-corrected chi connectivity index (χ2v) is 5.53. The van der Waals surface area contributed by atoms with Crippen LogP contribution in [0.15, 0.2) is 28.8 Å². The number of nitrogens with one attached hydrogen (secondary N) is 1. The topological polar surface area (TPSA) is 84.6 Å². The summed E-state index contributed by atoms with van der Waals surface area (Å²) in [6.07, 6.45) is -0.660. The number of benzene rings is 1. The van der Waals surface area contributed by atoms with Crippen LogP contribution in [0.3, 0.4) is 0 Å². The van der Waals surface area contributed by atoms with E-state index in [1.165, 1.54) is 0 Å². The van der Waals surface area contributed by atoms with Crippen molar-refractivity contribution in [1.29, 1.82) is 0 Å². The molecule has 0 aliphatic rings. The molecule has 0 saturated carbocycles. The van der Waals surface area contributed by atoms with Crippen molar-refractivity contribution < 1.29 is 19.2 Å². The van der Waals surface area contributed by atoms with Crippen molar-refractivity contribution >= 4 is 5.91 Å². The van der Waals surface area contributed by atoms with Crippen LogP contribution in [-0.2, 0) is 11.4 Å². The Morgan fingerprint density at radius 2 is 2.13 bits per heavy atom. The van der Waals surface area contributed by atoms with E-state index in [1.807, 2.05) is 20.8 Å². The van der Waals surface area contributed by atoms with Gasteiger partial charge in [-0.25, -0.2) is 0 Å². The van der Waals surface area contributed by atoms with Gasteiger partial charge in [-0.2, -0.15) is 0 Å². The SMILES string of the molecule is Cc1noc(C)c1C(C)NC(=O)C(C)Oc1cccc(CO)c1. The van der Waals surface area contributed by atoms with Crippen molar-refractivity contribution in [1.82, 2.24) is 10.5 Å². The molecule has 6 nitrogen and oxygen atoms in total. The first kappa shape index (κ1) is 17.0. The molecule has 0 spiro atoms. The maximum Gasteiger partial charge on any atom is 0.261 e. The fourth-order valence-electron chi connectivity index (χ4n) is 2.49. The molecule has 1 amide bonds. The summed E-state index contributed by atoms with van der Waals surface area (Å²) in [6.45, 7) is 7.15. The maximum absolute atomic E-state index is 12.3. The van der Waals surface area contributed by atoms with Gasteiger partial charge in [-0.1, -0.05) is 17.3 Å². The van der Waals surface area contributed by atoms with Crippen LogP contribution in [0, 0.1) is 13.8 Å². The van der Waals surface area contributed by atoms with Crippen molar-refractivity contribution in [3.63, 3.8) is 0 Å². The minimum atomic E-state index is -0.660. The molecule has 6 heteroatoms. The van der Waals surface area contributed by atoms with Gasteiger partial charge in [-0.15, -0.1) is 0 Å². The first-order chi connectivity index (χ1) is 10.9. The number of aromatic nitrogens is 1. The Labute approximate surface area is 135 Å². The molecular formula is C17H22N2O4. The molecule has 0 fully saturated rings. The third-order valence-electron chi connectivity index (χ3n) is 3.64. The largest absolute Gasteiger partial charge is 0.481 e. The number of amides is 1. The Hall–Kier alpha value is -2.34. The van der Waals surface area contributed by atoms with Crippen LogP contribution >= 0.6 is 0 Å². The molecule has 2 rings (SSSR count). The summed E-state index contributed by atoms with van der Waals surface area (Å²) in [7, 11) is 0. The van der Waals surface area contributed by atoms with Crippen molar-refractivity contribution in [2.45, 2.75) is 46.4 Å². The molecule has 2 atom stereocenters. The first-order valence-corrected chi connectivity index (χ1v) is 7.52. The Balaban J connectivity index is 1.99. The molecule has 0 saturated heterocycles. The van der Waals surface area contributed by atoms with Gasteiger partial charge in [0.05, 0.1) is 18.3 Å². The summed E-state index contributed by atoms with van der Waals surface area (Å²) in [5.41, 5.74) is 2.38. The highest BCUT2D eigenvalue weighted by atomic mass is 16.5. The summed E-state index contributed by atoms with van der Waals surface area (Å²) < 4.78 is 10.8. The lowest BCUT2D eigenvalue weighted by Crippen LogP contribution is -2.38. The molecule has 124 valence electrons. The molecule has 0 aliphatic carbocycles. The van der Waals surface area contributed by atoms with Crippen molar-refractivity contribution in [2.75, 3.05) is 0 Å². The summed E-state index contributed by atoms with van der Waals surface area (Å²) in [5, 5.41) is 15.9. The van der Waals surface area contributed by atoms with Crippen LogP contribution in [0.25, 0.3) is 0 Å². The van der Waals surface area contributed by atoms with Crippen LogP contribution < -0.4 is 10.1 Å². The molecule has 0 aliphatic heterocycles. The standard InChI is InChI=1S/C17H22N2O4/c1-10(16-11(2)19-23-12(16)3)18-17(21)13(4)22-15-7-5-6-14(8-15)9-20/h5-8,10,13,20H,9H2,1-4H3,(H,18,21). The van der Waals surface area contributed by atoms with E-state index in [9.17, 15) is 4.79 Å². The fraction of sp³-hybridized carbons (Fsp3) is 0.412. The Morgan fingerprint density at radius 1 is 1.39 bits per heavy atom. The van der Waals surface area contributed by atoms with Gasteiger partial charge in [0, 0.05) is 5.56 Å². The molecule has 0 radical (unpaired) electrons. The van der Waals surface area contributed by atoms with Crippen molar-refractivity contribution in [3.05, 3.63) is 46.8 Å². The molecule has 23 heavy (non-hydrogen) atoms. The molecule has 2 aromatic rings. The lowest BCUT2D eigenvalue weighted by Gasteiger charge is -2.19. The van der Waals surface area contributed by atoms with Gasteiger partial charge in [0.2, 0.25) is 0 Å². The van der Waals surface area contributed by atoms with E-state index in [-0.39, 0.29) is 18.6 Å². The van der Waals surface area contributed by atoms with Crippen molar-refractivity contribution in [3.8, 4) is 5.75 Å². The van der Waals surface area contributed by atoms with Crippen LogP contribution in [-0.4, -0.2) is 22.3 Å². The normalized spacial score (nSPS) is 13.4. The van der Waals surface area contributed by atoms with E-state index in [0.29, 0.717) is 11.5 Å². The maximum atomic E-state index is 12.3. The van der Waals surface area contributed by atoms with Crippen LogP contribution in [0.4, 0.5) is 0 Å². The zero-order chi connectivity index (χ0) is 17.0. The third kappa shape index (κ3) is 4.10. The molecule has 2 N–H and O–H groups in total. The Morgan fingerprint density at radius 3 is 2.74 bits per heavy atom. The van der Waals surface area contributed by atoms with Crippen LogP contribution in [0.5, 0.6) is 5.75 Å². The van der Waals surface area contributed by atoms with Gasteiger partial charge >= 0.3 is 0 Å². The molecular weight excluding hydrogens is 296 g/mol. The summed E-state index contributed by atoms with van der Waals surface area (Å²) in [4.78, 5) is 12.3. The quantitative estimate of drug-likeness (QED) is 0.854. The van der Waals surface area contributed by atoms with E-state index >= 15 is 0 Å². The average molecular weight is 318 g/mol. The average Bonchev–Trinajstić information content (AvgIpc) is 2.86. The first-order valence-electron chi connectivity index (χ1n) is 7.52. The van der Waals surface area contributed by atoms with E-state index in [1.54, 1.807) is 31.2 Å². The van der Waals surface area contributed by atoms with E-state index in [4.69, 9.17) is 14.4 Å². The number of aryl methyl sites for hydroxylation is 2. The predicted octanol–water partition coefficient (Wildman–Crippen LogP) is 2.43. The number of nitrogens with zero attached hydrogens (tertiary/aromatic N) is 1. The molecule has 2 unspecified atom stereocenters. The Kier molecular flexibility index (Phi) is 5.39. The van der Waals surface area contributed by atoms with Gasteiger partial charge in [0.15, 0.2) is 6.10 Å². The van der Waals surface area contributed by atoms with Gasteiger partial charge < -0.3 is 19.7 Å². The zero-order valence-corrected chi connectivity index (χ0v) is 13.8. The van der Waals surface area contributed by atoms with Crippen molar-refractivity contribution in [2.24, 2.45) is 0 Å². The Bertz CT molecular complexity index is 661. The van der Waals surface area contributed by atoms with Crippen LogP contribution in [0.2, 0.25) is 0 Å². The smallest absolute Gasteiger partial charge is 0.261 e. The number of carbonyl (C=O) groups excluding carboxylic acids is 1. The number of carbonyl (C=O) groups is 1. The molecule has 1 aromatic carbocycles. The number of aliphatic hydroxyl groups excluding tert-OH is 1. The minimum Gasteiger partial charge on any atom is -0.481 e. The van der Waals surface area contributed by atoms with E-state index in [2.05, 4.69) is 10.5 Å². The number of ether oxygens (including phenoxy) is 1. The van der Waals surface area contributed by atoms with E-state index in [0.717, 1.165) is 16.8 Å². The second-order valence-electron chi connectivity index (χ2n) is 5.53. The predicted molar refractivity (Wildman–Crippen MR) is 85.0 cm³/mol. The van der Waals surface area contributed by atoms with Gasteiger partial charge in [-0.3, -0.25) is 4.79 Å². The monoisotopic (exact) mass is 318 g/mol. The highest BCUT2D eigenvalue weighted by molar-refractivity contribution is 5.81. The molecule has 1 heterocycles. The third-order valence-corrected chi connectivity index (χ3v) is 3.64. The fourth-order valence-corrected chi connectivity index (χ4v) is 2.49. The molecule has 1 aromatic heterocycles. The number of rotatable bonds is 6. The molecule has 0 bridgehead atoms. The van der Waals surface area contributed by atoms with Gasteiger partial charge in [0.1, 0.15) is 11.5 Å². The highest BCUT2D eigenvalue weighted by Crippen LogP contribution is 2.21. The highest BCUT2D eigenvalue weighted by Gasteiger charge is 2.22. The summed E-state index contributed by atoms with van der Waals surface area (Å²) in [5.74, 6) is 1.01. The zero-order valence-electron chi connectivity index (χ0n) is 13.8. The lowest BCUT2D eigenvalue weighted by atomic mass is 10.1.